The molecule has 0 aromatic heterocycles. The molecule has 0 spiro atoms. The van der Waals surface area contributed by atoms with Crippen LogP contribution in [-0.2, 0) is 15.8 Å². The molecule has 168 valence electrons. The van der Waals surface area contributed by atoms with Crippen LogP contribution < -0.4 is 10.6 Å². The maximum absolute atomic E-state index is 13.0. The molecular weight excluding hydrogens is 459 g/mol. The van der Waals surface area contributed by atoms with E-state index in [4.69, 9.17) is 0 Å². The number of halogens is 11. The van der Waals surface area contributed by atoms with Crippen molar-refractivity contribution in [1.82, 2.24) is 0 Å². The Bertz CT molecular complexity index is 874. The van der Waals surface area contributed by atoms with Crippen LogP contribution >= 0.6 is 0 Å². The fraction of sp³-hybridized carbons (Fsp3) is 0.333. The predicted molar refractivity (Wildman–Crippen MR) is 72.4 cm³/mol. The van der Waals surface area contributed by atoms with E-state index in [2.05, 4.69) is 0 Å². The fourth-order valence-corrected chi connectivity index (χ4v) is 1.68. The van der Waals surface area contributed by atoms with Crippen molar-refractivity contribution >= 4 is 28.9 Å². The van der Waals surface area contributed by atoms with Crippen molar-refractivity contribution in [3.05, 3.63) is 27.8 Å². The van der Waals surface area contributed by atoms with Crippen LogP contribution in [0.2, 0.25) is 0 Å². The van der Waals surface area contributed by atoms with E-state index < -0.39 is 75.9 Å². The molecule has 0 atom stereocenters. The van der Waals surface area contributed by atoms with Crippen LogP contribution in [0.3, 0.4) is 0 Å². The number of rotatable bonds is 4. The summed E-state index contributed by atoms with van der Waals surface area (Å²) in [6.07, 6.45) is -17.9. The van der Waals surface area contributed by atoms with E-state index in [9.17, 15) is 68.0 Å². The van der Waals surface area contributed by atoms with Gasteiger partial charge in [0.15, 0.2) is 0 Å². The van der Waals surface area contributed by atoms with Crippen molar-refractivity contribution in [1.29, 1.82) is 0 Å². The standard InChI is InChI=1S/C12H4F11N3O4/c13-9(14,12(21,22)23)7(27)24-4-1-3(10(15,16)17)2-5(26(29)30)6(4)25-8(28)11(18,19)20/h1-2H,(H,24,27)(H,25,28). The molecule has 2 amide bonds. The normalized spacial score (nSPS) is 13.0. The molecule has 7 nitrogen and oxygen atoms in total. The zero-order valence-electron chi connectivity index (χ0n) is 13.4. The summed E-state index contributed by atoms with van der Waals surface area (Å²) in [7, 11) is 0. The molecule has 0 aliphatic carbocycles. The predicted octanol–water partition coefficient (Wildman–Crippen LogP) is 4.25. The lowest BCUT2D eigenvalue weighted by molar-refractivity contribution is -0.384. The summed E-state index contributed by atoms with van der Waals surface area (Å²) >= 11 is 0. The largest absolute Gasteiger partial charge is 0.471 e. The first-order chi connectivity index (χ1) is 13.2. The Labute approximate surface area is 156 Å². The lowest BCUT2D eigenvalue weighted by atomic mass is 10.1. The van der Waals surface area contributed by atoms with Gasteiger partial charge in [-0.15, -0.1) is 0 Å². The van der Waals surface area contributed by atoms with Crippen LogP contribution in [0.4, 0.5) is 65.4 Å². The van der Waals surface area contributed by atoms with Crippen LogP contribution in [0, 0.1) is 10.1 Å². The van der Waals surface area contributed by atoms with E-state index >= 15 is 0 Å². The molecule has 1 rings (SSSR count). The number of nitro groups is 1. The van der Waals surface area contributed by atoms with Gasteiger partial charge in [-0.05, 0) is 6.07 Å². The number of nitro benzene ring substituents is 1. The van der Waals surface area contributed by atoms with Gasteiger partial charge in [-0.25, -0.2) is 0 Å². The molecule has 0 aliphatic rings. The molecule has 0 bridgehead atoms. The molecule has 0 radical (unpaired) electrons. The first-order valence-electron chi connectivity index (χ1n) is 6.73. The number of nitrogens with one attached hydrogen (secondary N) is 2. The SMILES string of the molecule is O=C(Nc1c(NC(=O)C(F)(F)C(F)(F)F)cc(C(F)(F)F)cc1[N+](=O)[O-])C(F)(F)F. The van der Waals surface area contributed by atoms with E-state index in [1.165, 1.54) is 0 Å². The van der Waals surface area contributed by atoms with Gasteiger partial charge in [0.2, 0.25) is 0 Å². The minimum Gasteiger partial charge on any atom is -0.318 e. The smallest absolute Gasteiger partial charge is 0.318 e. The zero-order chi connectivity index (χ0) is 23.9. The summed E-state index contributed by atoms with van der Waals surface area (Å²) < 4.78 is 138. The van der Waals surface area contributed by atoms with Gasteiger partial charge in [0.25, 0.3) is 5.69 Å². The Morgan fingerprint density at radius 2 is 1.33 bits per heavy atom. The summed E-state index contributed by atoms with van der Waals surface area (Å²) in [6, 6.07) is -0.924. The number of hydrogen-bond acceptors (Lipinski definition) is 4. The van der Waals surface area contributed by atoms with E-state index in [0.29, 0.717) is 10.6 Å². The molecule has 0 saturated heterocycles. The van der Waals surface area contributed by atoms with Crippen molar-refractivity contribution in [3.63, 3.8) is 0 Å². The van der Waals surface area contributed by atoms with Crippen molar-refractivity contribution < 1.29 is 62.8 Å². The minimum absolute atomic E-state index is 0.441. The number of hydrogen-bond donors (Lipinski definition) is 2. The maximum Gasteiger partial charge on any atom is 0.471 e. The molecular formula is C12H4F11N3O4. The van der Waals surface area contributed by atoms with E-state index in [1.54, 1.807) is 0 Å². The van der Waals surface area contributed by atoms with E-state index in [-0.39, 0.29) is 0 Å². The molecule has 1 aromatic carbocycles. The Morgan fingerprint density at radius 3 is 1.70 bits per heavy atom. The molecule has 0 heterocycles. The van der Waals surface area contributed by atoms with Gasteiger partial charge >= 0.3 is 36.3 Å². The van der Waals surface area contributed by atoms with Gasteiger partial charge < -0.3 is 10.6 Å². The first-order valence-corrected chi connectivity index (χ1v) is 6.73. The third-order valence-corrected chi connectivity index (χ3v) is 3.03. The monoisotopic (exact) mass is 463 g/mol. The van der Waals surface area contributed by atoms with E-state index in [0.717, 1.165) is 0 Å². The maximum atomic E-state index is 13.0. The van der Waals surface area contributed by atoms with Crippen LogP contribution in [0.1, 0.15) is 5.56 Å². The Balaban J connectivity index is 3.71. The third kappa shape index (κ3) is 5.23. The van der Waals surface area contributed by atoms with Gasteiger partial charge in [0.05, 0.1) is 16.2 Å². The lowest BCUT2D eigenvalue weighted by Gasteiger charge is -2.21. The second kappa shape index (κ2) is 7.56. The van der Waals surface area contributed by atoms with Gasteiger partial charge in [-0.3, -0.25) is 19.7 Å². The highest BCUT2D eigenvalue weighted by Crippen LogP contribution is 2.42. The first kappa shape index (κ1) is 24.8. The van der Waals surface area contributed by atoms with Crippen molar-refractivity contribution in [2.24, 2.45) is 0 Å². The van der Waals surface area contributed by atoms with E-state index in [1.807, 2.05) is 0 Å². The summed E-state index contributed by atoms with van der Waals surface area (Å²) in [5.74, 6) is -12.7. The Morgan fingerprint density at radius 1 is 0.833 bits per heavy atom. The average molecular weight is 463 g/mol. The molecule has 30 heavy (non-hydrogen) atoms. The number of anilines is 2. The number of nitrogens with zero attached hydrogens (tertiary/aromatic N) is 1. The quantitative estimate of drug-likeness (QED) is 0.396. The van der Waals surface area contributed by atoms with Crippen molar-refractivity contribution in [2.75, 3.05) is 10.6 Å². The van der Waals surface area contributed by atoms with Gasteiger partial charge in [0.1, 0.15) is 5.69 Å². The number of carbonyl (C=O) groups excluding carboxylic acids is 2. The fourth-order valence-electron chi connectivity index (χ4n) is 1.68. The highest BCUT2D eigenvalue weighted by Gasteiger charge is 2.63. The molecule has 18 heteroatoms. The zero-order valence-corrected chi connectivity index (χ0v) is 13.4. The van der Waals surface area contributed by atoms with Gasteiger partial charge in [-0.1, -0.05) is 0 Å². The second-order valence-electron chi connectivity index (χ2n) is 5.15. The molecule has 0 aliphatic heterocycles. The number of amides is 2. The highest BCUT2D eigenvalue weighted by molar-refractivity contribution is 6.05. The highest BCUT2D eigenvalue weighted by atomic mass is 19.4. The van der Waals surface area contributed by atoms with Crippen LogP contribution in [0.15, 0.2) is 12.1 Å². The van der Waals surface area contributed by atoms with Gasteiger partial charge in [-0.2, -0.15) is 48.3 Å². The second-order valence-corrected chi connectivity index (χ2v) is 5.15. The molecule has 2 N–H and O–H groups in total. The van der Waals surface area contributed by atoms with Crippen LogP contribution in [0.5, 0.6) is 0 Å². The number of alkyl halides is 11. The summed E-state index contributed by atoms with van der Waals surface area (Å²) in [6.45, 7) is 0. The minimum atomic E-state index is -6.58. The van der Waals surface area contributed by atoms with Crippen LogP contribution in [0.25, 0.3) is 0 Å². The summed E-state index contributed by atoms with van der Waals surface area (Å²) in [5.41, 5.74) is -8.00. The Hall–Kier alpha value is -3.21. The average Bonchev–Trinajstić information content (AvgIpc) is 2.52. The molecule has 0 unspecified atom stereocenters. The molecule has 1 aromatic rings. The molecule has 0 saturated carbocycles. The topological polar surface area (TPSA) is 101 Å². The third-order valence-electron chi connectivity index (χ3n) is 3.03. The Kier molecular flexibility index (Phi) is 6.26. The van der Waals surface area contributed by atoms with Crippen LogP contribution in [-0.4, -0.2) is 35.0 Å². The number of carbonyl (C=O) groups is 2. The summed E-state index contributed by atoms with van der Waals surface area (Å²) in [4.78, 5) is 31.2. The summed E-state index contributed by atoms with van der Waals surface area (Å²) in [5, 5.41) is 12.1. The van der Waals surface area contributed by atoms with Crippen molar-refractivity contribution in [3.8, 4) is 0 Å². The number of benzene rings is 1. The van der Waals surface area contributed by atoms with Gasteiger partial charge in [0, 0.05) is 6.07 Å². The molecule has 0 fully saturated rings. The lowest BCUT2D eigenvalue weighted by Crippen LogP contribution is -2.47. The van der Waals surface area contributed by atoms with Crippen molar-refractivity contribution in [2.45, 2.75) is 24.5 Å².